The monoisotopic (exact) mass is 543 g/mol. The van der Waals surface area contributed by atoms with Gasteiger partial charge in [0.1, 0.15) is 6.04 Å². The first kappa shape index (κ1) is 30.2. The Balaban J connectivity index is 1.79. The molecule has 0 saturated carbocycles. The Hall–Kier alpha value is -3.33. The quantitative estimate of drug-likeness (QED) is 0.197. The molecule has 2 aliphatic rings. The number of carboxylic acid groups (broad SMARTS) is 2. The van der Waals surface area contributed by atoms with Crippen LogP contribution in [-0.4, -0.2) is 55.5 Å². The summed E-state index contributed by atoms with van der Waals surface area (Å²) in [7, 11) is 0. The molecule has 1 amide bonds. The minimum atomic E-state index is -1.16. The molecule has 1 unspecified atom stereocenters. The van der Waals surface area contributed by atoms with Crippen LogP contribution in [0.2, 0.25) is 0 Å². The number of allylic oxidation sites excluding steroid dienone is 4. The number of ether oxygens (including phenoxy) is 1. The van der Waals surface area contributed by atoms with E-state index in [4.69, 9.17) is 9.84 Å². The second kappa shape index (κ2) is 12.7. The van der Waals surface area contributed by atoms with Gasteiger partial charge in [-0.3, -0.25) is 9.59 Å². The Labute approximate surface area is 229 Å². The molecule has 214 valence electrons. The van der Waals surface area contributed by atoms with Crippen molar-refractivity contribution in [1.82, 2.24) is 4.90 Å². The van der Waals surface area contributed by atoms with Gasteiger partial charge in [-0.2, -0.15) is 0 Å². The standard InChI is InChI=1S/C30H41NO8/c1-18(2)9-7-10-19(3)11-8-14-30(4)16-21-22-17-31(23(28(36)37)12-5-6-13-25(33)34)27(35)20(22)15-24(32)26(21)39-29(30)38/h9,11,15,23,29,32,38H,5-8,10,12-14,16-17H2,1-4H3,(H,33,34)(H,36,37)/b19-11+/t23?,29-,30+/m0/s1. The lowest BCUT2D eigenvalue weighted by molar-refractivity contribution is -0.142. The molecule has 0 bridgehead atoms. The molecule has 9 nitrogen and oxygen atoms in total. The highest BCUT2D eigenvalue weighted by molar-refractivity contribution is 6.01. The predicted octanol–water partition coefficient (Wildman–Crippen LogP) is 5.18. The molecule has 1 aromatic carbocycles. The van der Waals surface area contributed by atoms with Gasteiger partial charge in [0, 0.05) is 29.5 Å². The summed E-state index contributed by atoms with van der Waals surface area (Å²) in [6.07, 6.45) is 7.62. The van der Waals surface area contributed by atoms with E-state index in [9.17, 15) is 29.7 Å². The van der Waals surface area contributed by atoms with E-state index >= 15 is 0 Å². The van der Waals surface area contributed by atoms with Crippen molar-refractivity contribution < 1.29 is 39.5 Å². The number of hydrogen-bond acceptors (Lipinski definition) is 6. The first-order valence-corrected chi connectivity index (χ1v) is 13.6. The summed E-state index contributed by atoms with van der Waals surface area (Å²) >= 11 is 0. The fraction of sp³-hybridized carbons (Fsp3) is 0.567. The Morgan fingerprint density at radius 3 is 2.49 bits per heavy atom. The molecule has 3 rings (SSSR count). The Morgan fingerprint density at radius 2 is 1.85 bits per heavy atom. The first-order valence-electron chi connectivity index (χ1n) is 13.6. The molecule has 0 aromatic heterocycles. The van der Waals surface area contributed by atoms with Crippen molar-refractivity contribution in [3.8, 4) is 11.5 Å². The molecular formula is C30H41NO8. The minimum Gasteiger partial charge on any atom is -0.504 e. The lowest BCUT2D eigenvalue weighted by Crippen LogP contribution is -2.42. The zero-order valence-electron chi connectivity index (χ0n) is 23.3. The van der Waals surface area contributed by atoms with Gasteiger partial charge in [-0.25, -0.2) is 4.79 Å². The van der Waals surface area contributed by atoms with E-state index in [1.54, 1.807) is 0 Å². The van der Waals surface area contributed by atoms with E-state index < -0.39 is 35.6 Å². The Morgan fingerprint density at radius 1 is 1.13 bits per heavy atom. The third kappa shape index (κ3) is 7.20. The number of phenols is 1. The van der Waals surface area contributed by atoms with E-state index in [1.165, 1.54) is 22.1 Å². The van der Waals surface area contributed by atoms with E-state index in [2.05, 4.69) is 32.9 Å². The van der Waals surface area contributed by atoms with E-state index in [0.29, 0.717) is 36.8 Å². The number of hydrogen-bond donors (Lipinski definition) is 4. The molecule has 9 heteroatoms. The van der Waals surface area contributed by atoms with Crippen LogP contribution in [0.15, 0.2) is 29.4 Å². The largest absolute Gasteiger partial charge is 0.504 e. The Kier molecular flexibility index (Phi) is 9.83. The van der Waals surface area contributed by atoms with Gasteiger partial charge in [-0.1, -0.05) is 36.6 Å². The van der Waals surface area contributed by atoms with E-state index in [1.807, 2.05) is 6.92 Å². The van der Waals surface area contributed by atoms with Gasteiger partial charge in [0.05, 0.1) is 0 Å². The average molecular weight is 544 g/mol. The van der Waals surface area contributed by atoms with Crippen molar-refractivity contribution in [3.63, 3.8) is 0 Å². The van der Waals surface area contributed by atoms with Crippen LogP contribution in [0.5, 0.6) is 11.5 Å². The minimum absolute atomic E-state index is 0.0472. The van der Waals surface area contributed by atoms with Crippen LogP contribution < -0.4 is 4.74 Å². The molecule has 0 fully saturated rings. The van der Waals surface area contributed by atoms with Crippen LogP contribution >= 0.6 is 0 Å². The van der Waals surface area contributed by atoms with E-state index in [0.717, 1.165) is 19.3 Å². The number of unbranched alkanes of at least 4 members (excludes halogenated alkanes) is 1. The number of carbonyl (C=O) groups excluding carboxylic acids is 1. The highest BCUT2D eigenvalue weighted by atomic mass is 16.6. The molecule has 4 N–H and O–H groups in total. The number of benzene rings is 1. The number of aliphatic carboxylic acids is 2. The third-order valence-corrected chi connectivity index (χ3v) is 7.78. The molecule has 0 saturated heterocycles. The number of aliphatic hydroxyl groups excluding tert-OH is 1. The number of carboxylic acids is 2. The number of fused-ring (bicyclic) bond motifs is 3. The molecule has 1 aromatic rings. The summed E-state index contributed by atoms with van der Waals surface area (Å²) in [5.41, 5.74) is 3.34. The van der Waals surface area contributed by atoms with Gasteiger partial charge in [-0.05, 0) is 77.3 Å². The zero-order chi connectivity index (χ0) is 28.9. The van der Waals surface area contributed by atoms with Gasteiger partial charge < -0.3 is 30.1 Å². The third-order valence-electron chi connectivity index (χ3n) is 7.78. The topological polar surface area (TPSA) is 145 Å². The maximum Gasteiger partial charge on any atom is 0.326 e. The highest BCUT2D eigenvalue weighted by Crippen LogP contribution is 2.49. The zero-order valence-corrected chi connectivity index (χ0v) is 23.3. The van der Waals surface area contributed by atoms with Crippen LogP contribution in [0.3, 0.4) is 0 Å². The lowest BCUT2D eigenvalue weighted by Gasteiger charge is -2.40. The summed E-state index contributed by atoms with van der Waals surface area (Å²) in [5, 5.41) is 40.2. The van der Waals surface area contributed by atoms with Crippen molar-refractivity contribution in [3.05, 3.63) is 46.1 Å². The van der Waals surface area contributed by atoms with Crippen LogP contribution in [-0.2, 0) is 22.6 Å². The summed E-state index contributed by atoms with van der Waals surface area (Å²) < 4.78 is 5.81. The van der Waals surface area contributed by atoms with Crippen molar-refractivity contribution in [1.29, 1.82) is 0 Å². The number of nitrogens with zero attached hydrogens (tertiary/aromatic N) is 1. The van der Waals surface area contributed by atoms with Gasteiger partial charge >= 0.3 is 11.9 Å². The fourth-order valence-electron chi connectivity index (χ4n) is 5.40. The van der Waals surface area contributed by atoms with Crippen molar-refractivity contribution in [2.24, 2.45) is 5.41 Å². The fourth-order valence-corrected chi connectivity index (χ4v) is 5.40. The lowest BCUT2D eigenvalue weighted by atomic mass is 9.75. The van der Waals surface area contributed by atoms with Gasteiger partial charge in [0.2, 0.25) is 6.29 Å². The summed E-state index contributed by atoms with van der Waals surface area (Å²) in [6, 6.07) is 0.172. The average Bonchev–Trinajstić information content (AvgIpc) is 3.15. The number of aliphatic hydroxyl groups is 1. The number of aromatic hydroxyl groups is 1. The molecular weight excluding hydrogens is 502 g/mol. The van der Waals surface area contributed by atoms with E-state index in [-0.39, 0.29) is 36.4 Å². The number of amides is 1. The number of phenolic OH excluding ortho intramolecular Hbond substituents is 1. The highest BCUT2D eigenvalue weighted by Gasteiger charge is 2.45. The summed E-state index contributed by atoms with van der Waals surface area (Å²) in [4.78, 5) is 37.4. The van der Waals surface area contributed by atoms with Gasteiger partial charge in [0.25, 0.3) is 5.91 Å². The number of rotatable bonds is 13. The normalized spacial score (nSPS) is 21.2. The molecule has 2 heterocycles. The van der Waals surface area contributed by atoms with Gasteiger partial charge in [0.15, 0.2) is 11.5 Å². The van der Waals surface area contributed by atoms with Gasteiger partial charge in [-0.15, -0.1) is 0 Å². The second-order valence-corrected chi connectivity index (χ2v) is 11.4. The van der Waals surface area contributed by atoms with Crippen molar-refractivity contribution in [2.45, 2.75) is 104 Å². The molecule has 0 radical (unpaired) electrons. The van der Waals surface area contributed by atoms with Crippen LogP contribution in [0.4, 0.5) is 0 Å². The van der Waals surface area contributed by atoms with Crippen LogP contribution in [0.25, 0.3) is 0 Å². The maximum atomic E-state index is 13.3. The molecule has 3 atom stereocenters. The maximum absolute atomic E-state index is 13.3. The molecule has 39 heavy (non-hydrogen) atoms. The molecule has 2 aliphatic heterocycles. The first-order chi connectivity index (χ1) is 18.3. The molecule has 0 spiro atoms. The Bertz CT molecular complexity index is 1170. The summed E-state index contributed by atoms with van der Waals surface area (Å²) in [6.45, 7) is 8.21. The predicted molar refractivity (Wildman–Crippen MR) is 146 cm³/mol. The molecule has 0 aliphatic carbocycles. The van der Waals surface area contributed by atoms with Crippen LogP contribution in [0.1, 0.15) is 101 Å². The summed E-state index contributed by atoms with van der Waals surface area (Å²) in [5.74, 6) is -2.73. The van der Waals surface area contributed by atoms with Crippen LogP contribution in [0, 0.1) is 5.41 Å². The van der Waals surface area contributed by atoms with Crippen molar-refractivity contribution >= 4 is 17.8 Å². The van der Waals surface area contributed by atoms with Crippen molar-refractivity contribution in [2.75, 3.05) is 0 Å². The SMILES string of the molecule is CC(C)=CCC/C(C)=C/CC[C@]1(C)Cc2c3c(cc(O)c2O[C@@H]1O)C(=O)N(C(CCCCC(=O)O)C(=O)O)C3. The number of carbonyl (C=O) groups is 3. The second-order valence-electron chi connectivity index (χ2n) is 11.4. The smallest absolute Gasteiger partial charge is 0.326 e.